The molecule has 1 aliphatic rings. The summed E-state index contributed by atoms with van der Waals surface area (Å²) in [5, 5.41) is 10.7. The molecule has 1 fully saturated rings. The van der Waals surface area contributed by atoms with Gasteiger partial charge in [-0.15, -0.1) is 0 Å². The number of imidazole rings is 1. The van der Waals surface area contributed by atoms with Crippen molar-refractivity contribution < 1.29 is 5.11 Å². The fourth-order valence-electron chi connectivity index (χ4n) is 2.80. The van der Waals surface area contributed by atoms with Crippen molar-refractivity contribution in [3.63, 3.8) is 0 Å². The number of aromatic nitrogens is 2. The molecular weight excluding hydrogens is 284 g/mol. The number of fused-ring (bicyclic) bond motifs is 1. The Balaban J connectivity index is 2.01. The fourth-order valence-corrected chi connectivity index (χ4v) is 2.96. The third-order valence-electron chi connectivity index (χ3n) is 3.96. The molecule has 21 heavy (non-hydrogen) atoms. The molecule has 0 atom stereocenters. The first-order chi connectivity index (χ1) is 10.1. The minimum absolute atomic E-state index is 0.177. The van der Waals surface area contributed by atoms with E-state index in [1.807, 2.05) is 6.07 Å². The number of rotatable bonds is 2. The van der Waals surface area contributed by atoms with Gasteiger partial charge in [-0.3, -0.25) is 0 Å². The normalized spacial score (nSPS) is 14.8. The predicted octanol–water partition coefficient (Wildman–Crippen LogP) is 4.71. The number of hydrogen-bond acceptors (Lipinski definition) is 2. The Bertz CT molecular complexity index is 849. The van der Waals surface area contributed by atoms with Gasteiger partial charge >= 0.3 is 0 Å². The molecule has 1 heterocycles. The highest BCUT2D eigenvalue weighted by atomic mass is 35.5. The SMILES string of the molecule is Cc1ccc2c(c1)nc(-c1ccc(Cl)cc1O)n2C1CC1. The molecule has 0 saturated heterocycles. The summed E-state index contributed by atoms with van der Waals surface area (Å²) >= 11 is 5.93. The zero-order valence-electron chi connectivity index (χ0n) is 11.7. The van der Waals surface area contributed by atoms with Crippen LogP contribution in [0.4, 0.5) is 0 Å². The summed E-state index contributed by atoms with van der Waals surface area (Å²) in [6, 6.07) is 12.0. The van der Waals surface area contributed by atoms with Crippen LogP contribution < -0.4 is 0 Å². The van der Waals surface area contributed by atoms with Gasteiger partial charge in [0.15, 0.2) is 0 Å². The molecular formula is C17H15ClN2O. The lowest BCUT2D eigenvalue weighted by atomic mass is 10.2. The summed E-state index contributed by atoms with van der Waals surface area (Å²) < 4.78 is 2.25. The Morgan fingerprint density at radius 3 is 2.71 bits per heavy atom. The second-order valence-electron chi connectivity index (χ2n) is 5.69. The van der Waals surface area contributed by atoms with Crippen LogP contribution >= 0.6 is 11.6 Å². The Kier molecular flexibility index (Phi) is 2.73. The topological polar surface area (TPSA) is 38.1 Å². The number of phenols is 1. The van der Waals surface area contributed by atoms with Crippen LogP contribution in [0.1, 0.15) is 24.4 Å². The average molecular weight is 299 g/mol. The molecule has 2 aromatic carbocycles. The molecule has 1 aromatic heterocycles. The van der Waals surface area contributed by atoms with Crippen molar-refractivity contribution in [3.8, 4) is 17.1 Å². The molecule has 4 rings (SSSR count). The van der Waals surface area contributed by atoms with Gasteiger partial charge in [0.2, 0.25) is 0 Å². The van der Waals surface area contributed by atoms with E-state index in [4.69, 9.17) is 16.6 Å². The van der Waals surface area contributed by atoms with E-state index in [-0.39, 0.29) is 5.75 Å². The van der Waals surface area contributed by atoms with Gasteiger partial charge in [-0.25, -0.2) is 4.98 Å². The first kappa shape index (κ1) is 12.7. The monoisotopic (exact) mass is 298 g/mol. The van der Waals surface area contributed by atoms with Gasteiger partial charge in [0.05, 0.1) is 16.6 Å². The number of benzene rings is 2. The van der Waals surface area contributed by atoms with Gasteiger partial charge in [-0.05, 0) is 55.7 Å². The number of hydrogen-bond donors (Lipinski definition) is 1. The van der Waals surface area contributed by atoms with Crippen molar-refractivity contribution >= 4 is 22.6 Å². The molecule has 106 valence electrons. The van der Waals surface area contributed by atoms with Crippen LogP contribution in [0.25, 0.3) is 22.4 Å². The number of aryl methyl sites for hydroxylation is 1. The van der Waals surface area contributed by atoms with E-state index in [2.05, 4.69) is 29.7 Å². The maximum Gasteiger partial charge on any atom is 0.145 e. The number of nitrogens with zero attached hydrogens (tertiary/aromatic N) is 2. The third kappa shape index (κ3) is 2.09. The minimum atomic E-state index is 0.177. The largest absolute Gasteiger partial charge is 0.507 e. The van der Waals surface area contributed by atoms with Crippen LogP contribution in [-0.4, -0.2) is 14.7 Å². The summed E-state index contributed by atoms with van der Waals surface area (Å²) in [7, 11) is 0. The molecule has 0 bridgehead atoms. The van der Waals surface area contributed by atoms with E-state index < -0.39 is 0 Å². The zero-order valence-corrected chi connectivity index (χ0v) is 12.4. The Morgan fingerprint density at radius 2 is 2.00 bits per heavy atom. The summed E-state index contributed by atoms with van der Waals surface area (Å²) in [6.45, 7) is 2.06. The van der Waals surface area contributed by atoms with Crippen LogP contribution in [-0.2, 0) is 0 Å². The van der Waals surface area contributed by atoms with E-state index in [1.54, 1.807) is 12.1 Å². The minimum Gasteiger partial charge on any atom is -0.507 e. The van der Waals surface area contributed by atoms with Crippen molar-refractivity contribution in [2.45, 2.75) is 25.8 Å². The van der Waals surface area contributed by atoms with Gasteiger partial charge < -0.3 is 9.67 Å². The summed E-state index contributed by atoms with van der Waals surface area (Å²) in [4.78, 5) is 4.76. The summed E-state index contributed by atoms with van der Waals surface area (Å²) in [5.41, 5.74) is 4.04. The maximum atomic E-state index is 10.2. The predicted molar refractivity (Wildman–Crippen MR) is 84.9 cm³/mol. The van der Waals surface area contributed by atoms with Gasteiger partial charge in [0.1, 0.15) is 11.6 Å². The lowest BCUT2D eigenvalue weighted by molar-refractivity contribution is 0.476. The molecule has 3 nitrogen and oxygen atoms in total. The molecule has 0 spiro atoms. The van der Waals surface area contributed by atoms with Crippen LogP contribution in [0.5, 0.6) is 5.75 Å². The summed E-state index contributed by atoms with van der Waals surface area (Å²) in [5.74, 6) is 1.00. The molecule has 0 unspecified atom stereocenters. The van der Waals surface area contributed by atoms with Gasteiger partial charge in [0.25, 0.3) is 0 Å². The highest BCUT2D eigenvalue weighted by Gasteiger charge is 2.29. The highest BCUT2D eigenvalue weighted by Crippen LogP contribution is 2.43. The Labute approximate surface area is 127 Å². The van der Waals surface area contributed by atoms with Crippen LogP contribution in [0.15, 0.2) is 36.4 Å². The Morgan fingerprint density at radius 1 is 1.19 bits per heavy atom. The maximum absolute atomic E-state index is 10.2. The standard InChI is InChI=1S/C17H15ClN2O/c1-10-2-7-15-14(8-10)19-17(20(15)12-4-5-12)13-6-3-11(18)9-16(13)21/h2-3,6-9,12,21H,4-5H2,1H3. The molecule has 3 aromatic rings. The molecule has 0 radical (unpaired) electrons. The number of aromatic hydroxyl groups is 1. The average Bonchev–Trinajstić information content (AvgIpc) is 3.20. The van der Waals surface area contributed by atoms with Crippen molar-refractivity contribution in [1.29, 1.82) is 0 Å². The number of phenolic OH excluding ortho intramolecular Hbond substituents is 1. The Hall–Kier alpha value is -2.00. The van der Waals surface area contributed by atoms with Gasteiger partial charge in [0, 0.05) is 11.1 Å². The molecule has 0 aliphatic heterocycles. The van der Waals surface area contributed by atoms with Crippen LogP contribution in [0.2, 0.25) is 5.02 Å². The smallest absolute Gasteiger partial charge is 0.145 e. The van der Waals surface area contributed by atoms with Crippen molar-refractivity contribution in [2.24, 2.45) is 0 Å². The van der Waals surface area contributed by atoms with Crippen LogP contribution in [0.3, 0.4) is 0 Å². The lowest BCUT2D eigenvalue weighted by Crippen LogP contribution is -1.97. The second-order valence-corrected chi connectivity index (χ2v) is 6.13. The molecule has 1 aliphatic carbocycles. The first-order valence-electron chi connectivity index (χ1n) is 7.11. The molecule has 1 N–H and O–H groups in total. The van der Waals surface area contributed by atoms with Crippen molar-refractivity contribution in [1.82, 2.24) is 9.55 Å². The van der Waals surface area contributed by atoms with E-state index in [0.717, 1.165) is 22.4 Å². The molecule has 4 heteroatoms. The zero-order chi connectivity index (χ0) is 14.6. The van der Waals surface area contributed by atoms with Crippen molar-refractivity contribution in [2.75, 3.05) is 0 Å². The summed E-state index contributed by atoms with van der Waals surface area (Å²) in [6.07, 6.45) is 2.33. The lowest BCUT2D eigenvalue weighted by Gasteiger charge is -2.09. The van der Waals surface area contributed by atoms with Gasteiger partial charge in [-0.2, -0.15) is 0 Å². The van der Waals surface area contributed by atoms with Gasteiger partial charge in [-0.1, -0.05) is 17.7 Å². The molecule has 1 saturated carbocycles. The van der Waals surface area contributed by atoms with E-state index in [9.17, 15) is 5.11 Å². The highest BCUT2D eigenvalue weighted by molar-refractivity contribution is 6.30. The quantitative estimate of drug-likeness (QED) is 0.744. The van der Waals surface area contributed by atoms with Crippen LogP contribution in [0, 0.1) is 6.92 Å². The fraction of sp³-hybridized carbons (Fsp3) is 0.235. The van der Waals surface area contributed by atoms with Crippen molar-refractivity contribution in [3.05, 3.63) is 47.0 Å². The second kappa shape index (κ2) is 4.50. The van der Waals surface area contributed by atoms with E-state index >= 15 is 0 Å². The number of halogens is 1. The third-order valence-corrected chi connectivity index (χ3v) is 4.19. The first-order valence-corrected chi connectivity index (χ1v) is 7.49. The van der Waals surface area contributed by atoms with E-state index in [0.29, 0.717) is 11.1 Å². The van der Waals surface area contributed by atoms with E-state index in [1.165, 1.54) is 18.4 Å². The molecule has 0 amide bonds.